The fraction of sp³-hybridized carbons (Fsp3) is 1.00. The molecule has 1 aliphatic carbocycles. The first-order chi connectivity index (χ1) is 12.3. The summed E-state index contributed by atoms with van der Waals surface area (Å²) in [6.45, 7) is 12.9. The van der Waals surface area contributed by atoms with Crippen LogP contribution in [-0.4, -0.2) is 39.6 Å². The molecule has 3 rings (SSSR count). The van der Waals surface area contributed by atoms with Gasteiger partial charge in [-0.05, 0) is 37.5 Å². The van der Waals surface area contributed by atoms with Crippen LogP contribution < -0.4 is 0 Å². The van der Waals surface area contributed by atoms with E-state index in [-0.39, 0.29) is 10.8 Å². The lowest BCUT2D eigenvalue weighted by Gasteiger charge is -2.35. The third kappa shape index (κ3) is 6.90. The maximum Gasteiger partial charge on any atom is 0.332 e. The van der Waals surface area contributed by atoms with Gasteiger partial charge in [0.1, 0.15) is 0 Å². The fourth-order valence-electron chi connectivity index (χ4n) is 3.11. The minimum atomic E-state index is -1.14. The molecule has 3 aliphatic rings. The summed E-state index contributed by atoms with van der Waals surface area (Å²) in [4.78, 5) is 0. The maximum atomic E-state index is 5.88. The summed E-state index contributed by atoms with van der Waals surface area (Å²) in [6.07, 6.45) is 4.70. The summed E-state index contributed by atoms with van der Waals surface area (Å²) >= 11 is 0. The number of rotatable bonds is 6. The van der Waals surface area contributed by atoms with Crippen LogP contribution in [-0.2, 0) is 27.1 Å². The van der Waals surface area contributed by atoms with Crippen LogP contribution >= 0.6 is 17.2 Å². The largest absolute Gasteiger partial charge is 0.332 e. The van der Waals surface area contributed by atoms with Crippen molar-refractivity contribution in [1.29, 1.82) is 0 Å². The van der Waals surface area contributed by atoms with E-state index in [1.807, 2.05) is 0 Å². The van der Waals surface area contributed by atoms with E-state index in [1.165, 1.54) is 25.7 Å². The molecule has 1 saturated carbocycles. The lowest BCUT2D eigenvalue weighted by atomic mass is 9.83. The molecule has 0 aromatic carbocycles. The number of hydrogen-bond acceptors (Lipinski definition) is 6. The van der Waals surface area contributed by atoms with E-state index in [4.69, 9.17) is 27.1 Å². The first-order valence-electron chi connectivity index (χ1n) is 9.69. The smallest absolute Gasteiger partial charge is 0.312 e. The third-order valence-electron chi connectivity index (χ3n) is 5.04. The highest BCUT2D eigenvalue weighted by Gasteiger charge is 2.33. The second-order valence-corrected chi connectivity index (χ2v) is 11.8. The Bertz CT molecular complexity index is 379. The molecule has 3 fully saturated rings. The minimum absolute atomic E-state index is 0.101. The van der Waals surface area contributed by atoms with Crippen molar-refractivity contribution in [2.24, 2.45) is 22.7 Å². The first-order valence-corrected chi connectivity index (χ1v) is 11.9. The van der Waals surface area contributed by atoms with Crippen LogP contribution in [0.2, 0.25) is 0 Å². The SMILES string of the molecule is CC1(C)COP(OCC2CCC(COP3OCC(C)(C)CO3)CC2)OC1. The van der Waals surface area contributed by atoms with Crippen molar-refractivity contribution in [3.05, 3.63) is 0 Å². The van der Waals surface area contributed by atoms with Gasteiger partial charge in [0.15, 0.2) is 0 Å². The molecule has 0 unspecified atom stereocenters. The van der Waals surface area contributed by atoms with Gasteiger partial charge in [0.25, 0.3) is 0 Å². The molecule has 0 amide bonds. The van der Waals surface area contributed by atoms with Gasteiger partial charge in [0, 0.05) is 10.8 Å². The normalized spacial score (nSPS) is 33.2. The summed E-state index contributed by atoms with van der Waals surface area (Å²) in [7, 11) is -2.29. The summed E-state index contributed by atoms with van der Waals surface area (Å²) in [5.74, 6) is 1.20. The van der Waals surface area contributed by atoms with E-state index in [2.05, 4.69) is 27.7 Å². The Morgan fingerprint density at radius 3 is 1.27 bits per heavy atom. The quantitative estimate of drug-likeness (QED) is 0.547. The molecule has 0 aromatic rings. The van der Waals surface area contributed by atoms with Gasteiger partial charge in [-0.3, -0.25) is 0 Å². The average Bonchev–Trinajstić information content (AvgIpc) is 2.61. The summed E-state index contributed by atoms with van der Waals surface area (Å²) in [5, 5.41) is 0. The van der Waals surface area contributed by atoms with E-state index in [0.29, 0.717) is 38.3 Å². The highest BCUT2D eigenvalue weighted by molar-refractivity contribution is 7.42. The standard InChI is InChI=1S/C18H34O6P2/c1-17(2)11-21-25(22-12-17)19-9-15-5-7-16(8-6-15)10-20-26-23-13-18(3,4)14-24-26/h15-16H,5-14H2,1-4H3. The van der Waals surface area contributed by atoms with Crippen LogP contribution in [0.15, 0.2) is 0 Å². The predicted molar refractivity (Wildman–Crippen MR) is 103 cm³/mol. The lowest BCUT2D eigenvalue weighted by Crippen LogP contribution is -2.29. The van der Waals surface area contributed by atoms with Crippen LogP contribution in [0.1, 0.15) is 53.4 Å². The van der Waals surface area contributed by atoms with Crippen molar-refractivity contribution < 1.29 is 27.1 Å². The molecule has 152 valence electrons. The monoisotopic (exact) mass is 408 g/mol. The van der Waals surface area contributed by atoms with Gasteiger partial charge in [-0.2, -0.15) is 0 Å². The van der Waals surface area contributed by atoms with E-state index in [0.717, 1.165) is 13.2 Å². The second kappa shape index (κ2) is 9.41. The maximum absolute atomic E-state index is 5.88. The van der Waals surface area contributed by atoms with Crippen molar-refractivity contribution in [1.82, 2.24) is 0 Å². The Labute approximate surface area is 160 Å². The van der Waals surface area contributed by atoms with Crippen LogP contribution in [0.25, 0.3) is 0 Å². The van der Waals surface area contributed by atoms with Crippen molar-refractivity contribution in [3.63, 3.8) is 0 Å². The van der Waals surface area contributed by atoms with Gasteiger partial charge in [-0.1, -0.05) is 27.7 Å². The Morgan fingerprint density at radius 2 is 0.962 bits per heavy atom. The molecular formula is C18H34O6P2. The molecule has 2 aliphatic heterocycles. The van der Waals surface area contributed by atoms with Crippen LogP contribution in [0, 0.1) is 22.7 Å². The summed E-state index contributed by atoms with van der Waals surface area (Å²) in [5.41, 5.74) is 0.201. The molecule has 8 heteroatoms. The highest BCUT2D eigenvalue weighted by Crippen LogP contribution is 2.49. The molecule has 2 saturated heterocycles. The van der Waals surface area contributed by atoms with E-state index in [9.17, 15) is 0 Å². The Hall–Kier alpha value is 0.620. The Kier molecular flexibility index (Phi) is 7.72. The zero-order chi connectivity index (χ0) is 18.6. The van der Waals surface area contributed by atoms with Gasteiger partial charge in [0.2, 0.25) is 0 Å². The van der Waals surface area contributed by atoms with Crippen LogP contribution in [0.4, 0.5) is 0 Å². The third-order valence-corrected chi connectivity index (χ3v) is 7.12. The molecule has 0 bridgehead atoms. The zero-order valence-corrected chi connectivity index (χ0v) is 18.4. The molecule has 6 nitrogen and oxygen atoms in total. The van der Waals surface area contributed by atoms with Gasteiger partial charge >= 0.3 is 17.2 Å². The second-order valence-electron chi connectivity index (χ2n) is 9.35. The van der Waals surface area contributed by atoms with Crippen LogP contribution in [0.5, 0.6) is 0 Å². The van der Waals surface area contributed by atoms with E-state index < -0.39 is 17.2 Å². The van der Waals surface area contributed by atoms with Crippen molar-refractivity contribution in [3.8, 4) is 0 Å². The molecule has 0 spiro atoms. The average molecular weight is 408 g/mol. The van der Waals surface area contributed by atoms with Gasteiger partial charge < -0.3 is 27.1 Å². The lowest BCUT2D eigenvalue weighted by molar-refractivity contribution is 0.0161. The highest BCUT2D eigenvalue weighted by atomic mass is 31.2. The van der Waals surface area contributed by atoms with Gasteiger partial charge in [-0.15, -0.1) is 0 Å². The molecular weight excluding hydrogens is 374 g/mol. The predicted octanol–water partition coefficient (Wildman–Crippen LogP) is 5.43. The molecule has 2 heterocycles. The summed E-state index contributed by atoms with van der Waals surface area (Å²) in [6, 6.07) is 0. The minimum Gasteiger partial charge on any atom is -0.312 e. The Morgan fingerprint density at radius 1 is 0.654 bits per heavy atom. The van der Waals surface area contributed by atoms with Crippen molar-refractivity contribution in [2.75, 3.05) is 39.6 Å². The first kappa shape index (κ1) is 21.3. The topological polar surface area (TPSA) is 55.4 Å². The molecule has 26 heavy (non-hydrogen) atoms. The molecule has 0 N–H and O–H groups in total. The van der Waals surface area contributed by atoms with E-state index >= 15 is 0 Å². The van der Waals surface area contributed by atoms with E-state index in [1.54, 1.807) is 0 Å². The molecule has 0 atom stereocenters. The van der Waals surface area contributed by atoms with Crippen molar-refractivity contribution in [2.45, 2.75) is 53.4 Å². The van der Waals surface area contributed by atoms with Crippen LogP contribution in [0.3, 0.4) is 0 Å². The van der Waals surface area contributed by atoms with Gasteiger partial charge in [0.05, 0.1) is 39.6 Å². The van der Waals surface area contributed by atoms with Gasteiger partial charge in [-0.25, -0.2) is 0 Å². The number of hydrogen-bond donors (Lipinski definition) is 0. The fourth-order valence-corrected chi connectivity index (χ4v) is 6.05. The summed E-state index contributed by atoms with van der Waals surface area (Å²) < 4.78 is 34.6. The zero-order valence-electron chi connectivity index (χ0n) is 16.6. The van der Waals surface area contributed by atoms with Crippen molar-refractivity contribution >= 4 is 17.2 Å². The molecule has 0 aromatic heterocycles. The molecule has 0 radical (unpaired) electrons. The Balaban J connectivity index is 1.25.